The highest BCUT2D eigenvalue weighted by Crippen LogP contribution is 2.36. The molecule has 0 bridgehead atoms. The number of hydrogen-bond donors (Lipinski definition) is 2. The quantitative estimate of drug-likeness (QED) is 0.519. The number of aromatic nitrogens is 3. The van der Waals surface area contributed by atoms with Crippen LogP contribution >= 0.6 is 11.3 Å². The second kappa shape index (κ2) is 8.34. The lowest BCUT2D eigenvalue weighted by atomic mass is 9.87. The number of hydrogen-bond acceptors (Lipinski definition) is 9. The molecule has 2 aromatic rings. The summed E-state index contributed by atoms with van der Waals surface area (Å²) in [6.07, 6.45) is 10.7. The molecule has 12 heteroatoms. The molecule has 0 unspecified atom stereocenters. The zero-order chi connectivity index (χ0) is 22.9. The van der Waals surface area contributed by atoms with Crippen LogP contribution in [0.1, 0.15) is 36.2 Å². The summed E-state index contributed by atoms with van der Waals surface area (Å²) in [6.45, 7) is 2.34. The van der Waals surface area contributed by atoms with Gasteiger partial charge in [-0.2, -0.15) is 10.2 Å². The van der Waals surface area contributed by atoms with Gasteiger partial charge < -0.3 is 10.6 Å². The van der Waals surface area contributed by atoms with Crippen molar-refractivity contribution in [3.8, 4) is 18.4 Å². The predicted octanol–water partition coefficient (Wildman–Crippen LogP) is 1.03. The molecule has 2 fully saturated rings. The Morgan fingerprint density at radius 1 is 1.28 bits per heavy atom. The van der Waals surface area contributed by atoms with E-state index in [1.54, 1.807) is 6.20 Å². The smallest absolute Gasteiger partial charge is 0.323 e. The number of piperidine rings is 1. The Morgan fingerprint density at radius 3 is 2.56 bits per heavy atom. The van der Waals surface area contributed by atoms with Crippen molar-refractivity contribution in [2.24, 2.45) is 0 Å². The number of carbonyl (C=O) groups excluding carboxylic acids is 3. The maximum absolute atomic E-state index is 13.2. The minimum atomic E-state index is -1.06. The number of imide groups is 1. The van der Waals surface area contributed by atoms with Gasteiger partial charge in [0.1, 0.15) is 17.6 Å². The number of rotatable bonds is 4. The fraction of sp³-hybridized carbons (Fsp3) is 0.350. The van der Waals surface area contributed by atoms with Crippen LogP contribution in [0.4, 0.5) is 15.9 Å². The predicted molar refractivity (Wildman–Crippen MR) is 114 cm³/mol. The van der Waals surface area contributed by atoms with Crippen LogP contribution in [0.2, 0.25) is 0 Å². The van der Waals surface area contributed by atoms with E-state index in [1.807, 2.05) is 11.0 Å². The molecule has 1 spiro atoms. The highest BCUT2D eigenvalue weighted by molar-refractivity contribution is 7.15. The van der Waals surface area contributed by atoms with Crippen LogP contribution < -0.4 is 15.5 Å². The minimum Gasteiger partial charge on any atom is -0.323 e. The third-order valence-corrected chi connectivity index (χ3v) is 6.34. The first-order valence-electron chi connectivity index (χ1n) is 9.69. The summed E-state index contributed by atoms with van der Waals surface area (Å²) >= 11 is 1.30. The van der Waals surface area contributed by atoms with Gasteiger partial charge in [0.25, 0.3) is 5.91 Å². The first-order chi connectivity index (χ1) is 15.4. The van der Waals surface area contributed by atoms with Crippen LogP contribution in [0.3, 0.4) is 0 Å². The molecule has 32 heavy (non-hydrogen) atoms. The van der Waals surface area contributed by atoms with E-state index in [1.165, 1.54) is 30.7 Å². The van der Waals surface area contributed by atoms with Gasteiger partial charge in [-0.15, -0.1) is 6.42 Å². The van der Waals surface area contributed by atoms with Gasteiger partial charge in [0, 0.05) is 26.2 Å². The van der Waals surface area contributed by atoms with E-state index in [0.29, 0.717) is 31.1 Å². The van der Waals surface area contributed by atoms with Crippen LogP contribution in [0, 0.1) is 23.7 Å². The summed E-state index contributed by atoms with van der Waals surface area (Å²) in [5.41, 5.74) is -0.826. The van der Waals surface area contributed by atoms with E-state index in [4.69, 9.17) is 11.7 Å². The molecule has 0 radical (unpaired) electrons. The fourth-order valence-electron chi connectivity index (χ4n) is 3.79. The number of carbonyl (C=O) groups is 3. The van der Waals surface area contributed by atoms with Crippen LogP contribution in [0.15, 0.2) is 18.6 Å². The third-order valence-electron chi connectivity index (χ3n) is 5.38. The third kappa shape index (κ3) is 3.77. The normalized spacial score (nSPS) is 18.7. The maximum Gasteiger partial charge on any atom is 0.332 e. The van der Waals surface area contributed by atoms with Crippen molar-refractivity contribution in [2.75, 3.05) is 23.3 Å². The summed E-state index contributed by atoms with van der Waals surface area (Å²) in [7, 11) is 0. The van der Waals surface area contributed by atoms with Gasteiger partial charge in [-0.05, 0) is 12.8 Å². The Kier molecular flexibility index (Phi) is 5.57. The zero-order valence-electron chi connectivity index (χ0n) is 17.0. The van der Waals surface area contributed by atoms with Crippen molar-refractivity contribution in [3.63, 3.8) is 0 Å². The fourth-order valence-corrected chi connectivity index (χ4v) is 4.75. The lowest BCUT2D eigenvalue weighted by molar-refractivity contribution is -0.124. The zero-order valence-corrected chi connectivity index (χ0v) is 17.8. The molecule has 1 atom stereocenters. The van der Waals surface area contributed by atoms with Crippen molar-refractivity contribution >= 4 is 40.3 Å². The SMILES string of the molecule is C#C[C@H](c1cnc(NC(C)=O)s1)N1CCC2(CC1)NC(=O)N(c1ncc(C#N)cn1)C2=O. The van der Waals surface area contributed by atoms with Gasteiger partial charge in [-0.3, -0.25) is 14.5 Å². The van der Waals surface area contributed by atoms with Crippen molar-refractivity contribution in [2.45, 2.75) is 31.3 Å². The minimum absolute atomic E-state index is 0.0672. The van der Waals surface area contributed by atoms with Gasteiger partial charge in [-0.25, -0.2) is 19.7 Å². The van der Waals surface area contributed by atoms with E-state index < -0.39 is 17.5 Å². The summed E-state index contributed by atoms with van der Waals surface area (Å²) < 4.78 is 0. The van der Waals surface area contributed by atoms with Crippen LogP contribution in [-0.4, -0.2) is 56.3 Å². The molecule has 4 rings (SSSR count). The second-order valence-electron chi connectivity index (χ2n) is 7.39. The molecule has 2 N–H and O–H groups in total. The molecule has 162 valence electrons. The number of nitriles is 1. The van der Waals surface area contributed by atoms with Gasteiger partial charge in [0.2, 0.25) is 11.9 Å². The number of nitrogens with one attached hydrogen (secondary N) is 2. The number of amides is 4. The number of likely N-dealkylation sites (tertiary alicyclic amines) is 1. The van der Waals surface area contributed by atoms with E-state index in [2.05, 4.69) is 31.5 Å². The lowest BCUT2D eigenvalue weighted by Gasteiger charge is -2.39. The Labute approximate surface area is 187 Å². The Balaban J connectivity index is 1.47. The molecular weight excluding hydrogens is 432 g/mol. The van der Waals surface area contributed by atoms with Gasteiger partial charge in [0.05, 0.1) is 22.8 Å². The van der Waals surface area contributed by atoms with Gasteiger partial charge >= 0.3 is 6.03 Å². The first-order valence-corrected chi connectivity index (χ1v) is 10.5. The molecule has 2 aromatic heterocycles. The van der Waals surface area contributed by atoms with Crippen molar-refractivity contribution in [3.05, 3.63) is 29.0 Å². The largest absolute Gasteiger partial charge is 0.332 e. The number of urea groups is 1. The standard InChI is InChI=1S/C20H18N8O3S/c1-3-14(15-11-24-18(32-15)25-12(2)29)27-6-4-20(5-7-27)16(30)28(19(31)26-20)17-22-9-13(8-21)10-23-17/h1,9-11,14H,4-7H2,2H3,(H,26,31)(H,24,25,29)/t14-/m1/s1. The highest BCUT2D eigenvalue weighted by atomic mass is 32.1. The summed E-state index contributed by atoms with van der Waals surface area (Å²) in [6, 6.07) is 0.937. The first kappa shape index (κ1) is 21.4. The van der Waals surface area contributed by atoms with Crippen molar-refractivity contribution in [1.29, 1.82) is 5.26 Å². The molecule has 4 amide bonds. The molecule has 2 aliphatic rings. The monoisotopic (exact) mass is 450 g/mol. The molecule has 0 saturated carbocycles. The molecule has 4 heterocycles. The summed E-state index contributed by atoms with van der Waals surface area (Å²) in [5.74, 6) is 2.05. The second-order valence-corrected chi connectivity index (χ2v) is 8.45. The Hall–Kier alpha value is -3.87. The highest BCUT2D eigenvalue weighted by Gasteiger charge is 2.54. The number of nitrogens with zero attached hydrogens (tertiary/aromatic N) is 6. The van der Waals surface area contributed by atoms with E-state index in [9.17, 15) is 14.4 Å². The van der Waals surface area contributed by atoms with Crippen LogP contribution in [0.5, 0.6) is 0 Å². The number of terminal acetylenes is 1. The number of anilines is 2. The molecule has 0 aromatic carbocycles. The Bertz CT molecular complexity index is 1150. The molecule has 0 aliphatic carbocycles. The molecule has 11 nitrogen and oxygen atoms in total. The van der Waals surface area contributed by atoms with Crippen molar-refractivity contribution in [1.82, 2.24) is 25.2 Å². The molecule has 2 aliphatic heterocycles. The van der Waals surface area contributed by atoms with E-state index in [-0.39, 0.29) is 23.5 Å². The summed E-state index contributed by atoms with van der Waals surface area (Å²) in [5, 5.41) is 14.8. The van der Waals surface area contributed by atoms with E-state index >= 15 is 0 Å². The summed E-state index contributed by atoms with van der Waals surface area (Å²) in [4.78, 5) is 52.8. The average Bonchev–Trinajstić information content (AvgIpc) is 3.32. The van der Waals surface area contributed by atoms with Gasteiger partial charge in [-0.1, -0.05) is 17.3 Å². The van der Waals surface area contributed by atoms with Crippen LogP contribution in [-0.2, 0) is 9.59 Å². The Morgan fingerprint density at radius 2 is 1.97 bits per heavy atom. The van der Waals surface area contributed by atoms with E-state index in [0.717, 1.165) is 9.78 Å². The average molecular weight is 450 g/mol. The lowest BCUT2D eigenvalue weighted by Crippen LogP contribution is -2.55. The maximum atomic E-state index is 13.2. The topological polar surface area (TPSA) is 144 Å². The number of thiazole rings is 1. The van der Waals surface area contributed by atoms with Crippen LogP contribution in [0.25, 0.3) is 0 Å². The molecule has 2 saturated heterocycles. The van der Waals surface area contributed by atoms with Crippen molar-refractivity contribution < 1.29 is 14.4 Å². The van der Waals surface area contributed by atoms with Gasteiger partial charge in [0.15, 0.2) is 5.13 Å². The molecular formula is C20H18N8O3S.